The van der Waals surface area contributed by atoms with Gasteiger partial charge in [-0.15, -0.1) is 0 Å². The van der Waals surface area contributed by atoms with E-state index in [4.69, 9.17) is 5.11 Å². The molecule has 0 aliphatic carbocycles. The van der Waals surface area contributed by atoms with Crippen LogP contribution in [-0.4, -0.2) is 37.0 Å². The van der Waals surface area contributed by atoms with Crippen LogP contribution in [0.4, 0.5) is 0 Å². The molecule has 0 amide bonds. The van der Waals surface area contributed by atoms with Crippen LogP contribution in [0.25, 0.3) is 0 Å². The molecule has 0 saturated heterocycles. The van der Waals surface area contributed by atoms with Crippen molar-refractivity contribution >= 4 is 5.78 Å². The normalized spacial score (nSPS) is 11.0. The van der Waals surface area contributed by atoms with Gasteiger partial charge in [-0.05, 0) is 20.8 Å². The van der Waals surface area contributed by atoms with E-state index in [9.17, 15) is 4.79 Å². The Morgan fingerprint density at radius 3 is 1.95 bits per heavy atom. The molecule has 3 nitrogen and oxygen atoms in total. The van der Waals surface area contributed by atoms with Gasteiger partial charge < -0.3 is 5.11 Å². The van der Waals surface area contributed by atoms with Crippen molar-refractivity contribution in [3.8, 4) is 0 Å². The monoisotopic (exact) mass is 263 g/mol. The van der Waals surface area contributed by atoms with Gasteiger partial charge in [-0.1, -0.05) is 30.3 Å². The van der Waals surface area contributed by atoms with Crippen LogP contribution in [0, 0.1) is 0 Å². The highest BCUT2D eigenvalue weighted by molar-refractivity contribution is 6.04. The number of hydrogen-bond donors (Lipinski definition) is 0. The summed E-state index contributed by atoms with van der Waals surface area (Å²) < 4.78 is 0.860. The smallest absolute Gasteiger partial charge is 0.191 e. The van der Waals surface area contributed by atoms with Crippen LogP contribution < -0.4 is 5.11 Å². The Morgan fingerprint density at radius 2 is 1.53 bits per heavy atom. The van der Waals surface area contributed by atoms with Crippen molar-refractivity contribution < 1.29 is 14.4 Å². The number of quaternary nitrogens is 1. The van der Waals surface area contributed by atoms with E-state index < -0.39 is 0 Å². The van der Waals surface area contributed by atoms with Gasteiger partial charge in [0.15, 0.2) is 5.78 Å². The molecule has 0 bridgehead atoms. The first-order valence-electron chi connectivity index (χ1n) is 6.72. The Balaban J connectivity index is 0.00000154. The number of carbonyl (C=O) groups excluding carboxylic acids is 1. The van der Waals surface area contributed by atoms with E-state index in [2.05, 4.69) is 20.8 Å². The standard InChI is InChI=1S/C15H22NO.CH3O/c1-4-16(5-2,6-3)13-12-15(17)14-10-8-7-9-11-14;1-2/h7-13H,4-6H2,1-3H3;1H3/q+1;-1/b13-12+;. The molecule has 0 aliphatic heterocycles. The molecule has 106 valence electrons. The number of hydrogen-bond acceptors (Lipinski definition) is 2. The number of benzene rings is 1. The van der Waals surface area contributed by atoms with Crippen molar-refractivity contribution in [3.05, 3.63) is 48.2 Å². The van der Waals surface area contributed by atoms with Gasteiger partial charge in [-0.25, -0.2) is 0 Å². The number of nitrogens with zero attached hydrogens (tertiary/aromatic N) is 1. The lowest BCUT2D eigenvalue weighted by Gasteiger charge is -2.31. The summed E-state index contributed by atoms with van der Waals surface area (Å²) in [5, 5.41) is 8.25. The van der Waals surface area contributed by atoms with E-state index in [0.29, 0.717) is 0 Å². The van der Waals surface area contributed by atoms with E-state index in [1.165, 1.54) is 0 Å². The molecule has 0 aromatic heterocycles. The predicted octanol–water partition coefficient (Wildman–Crippen LogP) is 2.24. The second kappa shape index (κ2) is 9.48. The number of ketones is 1. The topological polar surface area (TPSA) is 40.1 Å². The highest BCUT2D eigenvalue weighted by Crippen LogP contribution is 2.08. The van der Waals surface area contributed by atoms with Crippen LogP contribution in [0.2, 0.25) is 0 Å². The highest BCUT2D eigenvalue weighted by Gasteiger charge is 2.17. The lowest BCUT2D eigenvalue weighted by atomic mass is 10.1. The summed E-state index contributed by atoms with van der Waals surface area (Å²) in [6.45, 7) is 9.53. The van der Waals surface area contributed by atoms with Crippen LogP contribution in [-0.2, 0) is 0 Å². The van der Waals surface area contributed by atoms with Crippen molar-refractivity contribution in [1.29, 1.82) is 0 Å². The van der Waals surface area contributed by atoms with Crippen molar-refractivity contribution in [3.63, 3.8) is 0 Å². The summed E-state index contributed by atoms with van der Waals surface area (Å²) in [7, 11) is 0.750. The molecule has 0 atom stereocenters. The van der Waals surface area contributed by atoms with Crippen molar-refractivity contribution in [2.45, 2.75) is 20.8 Å². The zero-order valence-corrected chi connectivity index (χ0v) is 12.4. The van der Waals surface area contributed by atoms with Gasteiger partial charge >= 0.3 is 0 Å². The van der Waals surface area contributed by atoms with Crippen LogP contribution in [0.3, 0.4) is 0 Å². The molecule has 0 saturated carbocycles. The van der Waals surface area contributed by atoms with Crippen molar-refractivity contribution in [2.24, 2.45) is 0 Å². The summed E-state index contributed by atoms with van der Waals surface area (Å²) >= 11 is 0. The largest absolute Gasteiger partial charge is 0.857 e. The minimum atomic E-state index is 0.0865. The molecule has 0 fully saturated rings. The fourth-order valence-corrected chi connectivity index (χ4v) is 1.91. The second-order valence-corrected chi connectivity index (χ2v) is 4.21. The minimum Gasteiger partial charge on any atom is -0.857 e. The van der Waals surface area contributed by atoms with E-state index in [0.717, 1.165) is 36.8 Å². The van der Waals surface area contributed by atoms with Gasteiger partial charge in [-0.2, -0.15) is 7.11 Å². The van der Waals surface area contributed by atoms with E-state index in [1.807, 2.05) is 36.5 Å². The lowest BCUT2D eigenvalue weighted by molar-refractivity contribution is -0.874. The third-order valence-electron chi connectivity index (χ3n) is 3.49. The van der Waals surface area contributed by atoms with E-state index in [1.54, 1.807) is 6.08 Å². The first-order valence-corrected chi connectivity index (χ1v) is 6.72. The maximum absolute atomic E-state index is 11.9. The molecule has 0 unspecified atom stereocenters. The van der Waals surface area contributed by atoms with Gasteiger partial charge in [0.2, 0.25) is 0 Å². The molecule has 1 aromatic rings. The van der Waals surface area contributed by atoms with Crippen LogP contribution in [0.5, 0.6) is 0 Å². The van der Waals surface area contributed by atoms with Gasteiger partial charge in [-0.3, -0.25) is 9.28 Å². The Labute approximate surface area is 116 Å². The zero-order chi connectivity index (χ0) is 14.7. The maximum Gasteiger partial charge on any atom is 0.191 e. The van der Waals surface area contributed by atoms with Gasteiger partial charge in [0.05, 0.1) is 25.8 Å². The van der Waals surface area contributed by atoms with E-state index >= 15 is 0 Å². The third kappa shape index (κ3) is 5.37. The molecule has 0 radical (unpaired) electrons. The third-order valence-corrected chi connectivity index (χ3v) is 3.49. The quantitative estimate of drug-likeness (QED) is 0.448. The summed E-state index contributed by atoms with van der Waals surface area (Å²) in [5.41, 5.74) is 0.755. The average Bonchev–Trinajstić information content (AvgIpc) is 2.52. The first-order chi connectivity index (χ1) is 9.17. The molecular weight excluding hydrogens is 238 g/mol. The van der Waals surface area contributed by atoms with Crippen LogP contribution >= 0.6 is 0 Å². The molecule has 0 heterocycles. The molecular formula is C16H25NO2. The predicted molar refractivity (Wildman–Crippen MR) is 77.7 cm³/mol. The minimum absolute atomic E-state index is 0.0865. The van der Waals surface area contributed by atoms with Crippen molar-refractivity contribution in [2.75, 3.05) is 26.7 Å². The summed E-state index contributed by atoms with van der Waals surface area (Å²) in [4.78, 5) is 11.9. The van der Waals surface area contributed by atoms with Crippen LogP contribution in [0.1, 0.15) is 31.1 Å². The van der Waals surface area contributed by atoms with Crippen molar-refractivity contribution in [1.82, 2.24) is 0 Å². The van der Waals surface area contributed by atoms with Gasteiger partial charge in [0, 0.05) is 11.6 Å². The number of carbonyl (C=O) groups is 1. The molecule has 19 heavy (non-hydrogen) atoms. The molecule has 0 spiro atoms. The van der Waals surface area contributed by atoms with Gasteiger partial charge in [0.25, 0.3) is 0 Å². The Morgan fingerprint density at radius 1 is 1.05 bits per heavy atom. The summed E-state index contributed by atoms with van der Waals surface area (Å²) in [6, 6.07) is 9.41. The fraction of sp³-hybridized carbons (Fsp3) is 0.438. The summed E-state index contributed by atoms with van der Waals surface area (Å²) in [6.07, 6.45) is 3.75. The Bertz CT molecular complexity index is 373. The molecule has 3 heteroatoms. The summed E-state index contributed by atoms with van der Waals surface area (Å²) in [5.74, 6) is 0.0865. The fourth-order valence-electron chi connectivity index (χ4n) is 1.91. The maximum atomic E-state index is 11.9. The first kappa shape index (κ1) is 17.6. The molecule has 0 N–H and O–H groups in total. The molecule has 0 aliphatic rings. The Hall–Kier alpha value is -1.45. The SMILES string of the molecule is CC[N+](/C=C/C(=O)c1ccccc1)(CC)CC.C[O-]. The molecule has 1 rings (SSSR count). The van der Waals surface area contributed by atoms with Gasteiger partial charge in [0.1, 0.15) is 0 Å². The molecule has 1 aromatic carbocycles. The highest BCUT2D eigenvalue weighted by atomic mass is 16.2. The van der Waals surface area contributed by atoms with E-state index in [-0.39, 0.29) is 5.78 Å². The van der Waals surface area contributed by atoms with Crippen LogP contribution in [0.15, 0.2) is 42.6 Å². The average molecular weight is 263 g/mol. The number of rotatable bonds is 6. The second-order valence-electron chi connectivity index (χ2n) is 4.21. The zero-order valence-electron chi connectivity index (χ0n) is 12.4. The Kier molecular flexibility index (Phi) is 8.75. The number of allylic oxidation sites excluding steroid dienone is 1. The lowest BCUT2D eigenvalue weighted by Crippen LogP contribution is -2.42.